The van der Waals surface area contributed by atoms with Crippen molar-refractivity contribution in [2.24, 2.45) is 5.92 Å². The Kier molecular flexibility index (Phi) is 4.49. The van der Waals surface area contributed by atoms with Gasteiger partial charge in [0, 0.05) is 45.1 Å². The number of carbonyl (C=O) groups excluding carboxylic acids is 1. The molecule has 1 amide bonds. The minimum Gasteiger partial charge on any atom is -0.339 e. The van der Waals surface area contributed by atoms with Crippen molar-refractivity contribution >= 4 is 11.6 Å². The van der Waals surface area contributed by atoms with Gasteiger partial charge in [0.15, 0.2) is 0 Å². The topological polar surface area (TPSA) is 52.9 Å². The van der Waals surface area contributed by atoms with Crippen molar-refractivity contribution in [2.75, 3.05) is 39.3 Å². The molecule has 1 saturated heterocycles. The van der Waals surface area contributed by atoms with E-state index >= 15 is 0 Å². The van der Waals surface area contributed by atoms with Crippen molar-refractivity contribution in [2.45, 2.75) is 19.4 Å². The van der Waals surface area contributed by atoms with E-state index in [0.717, 1.165) is 56.5 Å². The number of pyridine rings is 1. The van der Waals surface area contributed by atoms with Gasteiger partial charge in [0.25, 0.3) is 0 Å². The van der Waals surface area contributed by atoms with Crippen LogP contribution in [0.5, 0.6) is 0 Å². The molecule has 128 valence electrons. The molecule has 2 aliphatic rings. The van der Waals surface area contributed by atoms with E-state index in [2.05, 4.69) is 25.8 Å². The Morgan fingerprint density at radius 3 is 2.79 bits per heavy atom. The van der Waals surface area contributed by atoms with Crippen LogP contribution in [0.15, 0.2) is 30.6 Å². The number of hydrogen-bond donors (Lipinski definition) is 1. The van der Waals surface area contributed by atoms with Gasteiger partial charge < -0.3 is 14.6 Å². The van der Waals surface area contributed by atoms with Gasteiger partial charge in [-0.3, -0.25) is 9.69 Å². The molecule has 6 nitrogen and oxygen atoms in total. The third-order valence-corrected chi connectivity index (χ3v) is 4.93. The molecule has 0 spiro atoms. The minimum atomic E-state index is 0.239. The Balaban J connectivity index is 1.24. The van der Waals surface area contributed by atoms with Crippen LogP contribution in [0.1, 0.15) is 18.5 Å². The quantitative estimate of drug-likeness (QED) is 0.859. The Bertz CT molecular complexity index is 667. The van der Waals surface area contributed by atoms with E-state index in [1.54, 1.807) is 0 Å². The van der Waals surface area contributed by atoms with E-state index in [1.165, 1.54) is 12.8 Å². The Morgan fingerprint density at radius 1 is 1.21 bits per heavy atom. The maximum Gasteiger partial charge on any atom is 0.236 e. The second kappa shape index (κ2) is 6.91. The molecule has 3 heterocycles. The first-order valence-corrected chi connectivity index (χ1v) is 8.91. The molecular formula is C18H25N5O. The molecule has 0 bridgehead atoms. The van der Waals surface area contributed by atoms with E-state index in [4.69, 9.17) is 0 Å². The summed E-state index contributed by atoms with van der Waals surface area (Å²) in [5.41, 5.74) is 2.08. The van der Waals surface area contributed by atoms with Crippen LogP contribution >= 0.6 is 0 Å². The van der Waals surface area contributed by atoms with Crippen molar-refractivity contribution < 1.29 is 4.79 Å². The van der Waals surface area contributed by atoms with Crippen LogP contribution in [0.2, 0.25) is 0 Å². The molecule has 2 fully saturated rings. The summed E-state index contributed by atoms with van der Waals surface area (Å²) in [7, 11) is 0. The molecule has 0 radical (unpaired) electrons. The monoisotopic (exact) mass is 327 g/mol. The summed E-state index contributed by atoms with van der Waals surface area (Å²) in [6.45, 7) is 5.81. The molecule has 2 aromatic heterocycles. The van der Waals surface area contributed by atoms with E-state index in [9.17, 15) is 4.79 Å². The molecule has 4 rings (SSSR count). The second-order valence-electron chi connectivity index (χ2n) is 6.93. The van der Waals surface area contributed by atoms with Crippen molar-refractivity contribution in [3.8, 4) is 0 Å². The number of hydrogen-bond acceptors (Lipinski definition) is 4. The summed E-state index contributed by atoms with van der Waals surface area (Å²) in [6, 6.07) is 6.04. The number of amides is 1. The number of carbonyl (C=O) groups is 1. The fourth-order valence-electron chi connectivity index (χ4n) is 3.26. The van der Waals surface area contributed by atoms with Crippen LogP contribution in [0.4, 0.5) is 0 Å². The molecule has 1 aliphatic carbocycles. The number of aromatic nitrogens is 2. The van der Waals surface area contributed by atoms with Crippen LogP contribution in [-0.2, 0) is 11.3 Å². The van der Waals surface area contributed by atoms with Gasteiger partial charge in [-0.15, -0.1) is 0 Å². The summed E-state index contributed by atoms with van der Waals surface area (Å²) in [4.78, 5) is 21.2. The molecule has 1 saturated carbocycles. The van der Waals surface area contributed by atoms with Crippen molar-refractivity contribution in [1.29, 1.82) is 0 Å². The minimum absolute atomic E-state index is 0.239. The number of fused-ring (bicyclic) bond motifs is 1. The lowest BCUT2D eigenvalue weighted by Gasteiger charge is -2.34. The third-order valence-electron chi connectivity index (χ3n) is 4.93. The number of piperazine rings is 1. The van der Waals surface area contributed by atoms with E-state index < -0.39 is 0 Å². The van der Waals surface area contributed by atoms with Crippen molar-refractivity contribution in [1.82, 2.24) is 24.5 Å². The number of rotatable bonds is 6. The van der Waals surface area contributed by atoms with Gasteiger partial charge in [0.1, 0.15) is 5.65 Å². The normalized spacial score (nSPS) is 19.1. The predicted molar refractivity (Wildman–Crippen MR) is 92.6 cm³/mol. The van der Waals surface area contributed by atoms with E-state index in [0.29, 0.717) is 6.54 Å². The van der Waals surface area contributed by atoms with Gasteiger partial charge >= 0.3 is 0 Å². The first-order chi connectivity index (χ1) is 11.8. The van der Waals surface area contributed by atoms with Crippen LogP contribution in [-0.4, -0.2) is 64.4 Å². The zero-order chi connectivity index (χ0) is 16.4. The first-order valence-electron chi connectivity index (χ1n) is 8.91. The van der Waals surface area contributed by atoms with Crippen LogP contribution in [0.3, 0.4) is 0 Å². The highest BCUT2D eigenvalue weighted by atomic mass is 16.2. The average molecular weight is 327 g/mol. The lowest BCUT2D eigenvalue weighted by Crippen LogP contribution is -2.50. The second-order valence-corrected chi connectivity index (χ2v) is 6.93. The molecule has 0 aromatic carbocycles. The fraction of sp³-hybridized carbons (Fsp3) is 0.556. The molecule has 1 N–H and O–H groups in total. The number of nitrogens with zero attached hydrogens (tertiary/aromatic N) is 4. The summed E-state index contributed by atoms with van der Waals surface area (Å²) >= 11 is 0. The highest BCUT2D eigenvalue weighted by Crippen LogP contribution is 2.27. The van der Waals surface area contributed by atoms with Crippen molar-refractivity contribution in [3.05, 3.63) is 36.3 Å². The maximum absolute atomic E-state index is 12.2. The molecule has 24 heavy (non-hydrogen) atoms. The van der Waals surface area contributed by atoms with Crippen LogP contribution < -0.4 is 5.32 Å². The molecule has 2 aromatic rings. The van der Waals surface area contributed by atoms with Crippen LogP contribution in [0.25, 0.3) is 5.65 Å². The van der Waals surface area contributed by atoms with Gasteiger partial charge in [-0.2, -0.15) is 0 Å². The predicted octanol–water partition coefficient (Wildman–Crippen LogP) is 0.978. The Hall–Kier alpha value is -1.92. The zero-order valence-corrected chi connectivity index (χ0v) is 14.0. The van der Waals surface area contributed by atoms with Gasteiger partial charge in [-0.25, -0.2) is 4.98 Å². The highest BCUT2D eigenvalue weighted by Gasteiger charge is 2.23. The smallest absolute Gasteiger partial charge is 0.236 e. The SMILES string of the molecule is O=C(CNCC1CC1)N1CCN(Cc2cn3ccccc3n2)CC1. The summed E-state index contributed by atoms with van der Waals surface area (Å²) in [5, 5.41) is 3.29. The summed E-state index contributed by atoms with van der Waals surface area (Å²) < 4.78 is 2.06. The molecular weight excluding hydrogens is 302 g/mol. The maximum atomic E-state index is 12.2. The van der Waals surface area contributed by atoms with Gasteiger partial charge in [-0.1, -0.05) is 6.07 Å². The molecule has 6 heteroatoms. The number of imidazole rings is 1. The molecule has 0 atom stereocenters. The van der Waals surface area contributed by atoms with Gasteiger partial charge in [0.05, 0.1) is 12.2 Å². The zero-order valence-electron chi connectivity index (χ0n) is 14.0. The highest BCUT2D eigenvalue weighted by molar-refractivity contribution is 5.78. The van der Waals surface area contributed by atoms with Gasteiger partial charge in [0.2, 0.25) is 5.91 Å². The van der Waals surface area contributed by atoms with E-state index in [-0.39, 0.29) is 5.91 Å². The Morgan fingerprint density at radius 2 is 2.04 bits per heavy atom. The summed E-state index contributed by atoms with van der Waals surface area (Å²) in [5.74, 6) is 1.06. The molecule has 0 unspecified atom stereocenters. The molecule has 1 aliphatic heterocycles. The first kappa shape index (κ1) is 15.6. The summed E-state index contributed by atoms with van der Waals surface area (Å²) in [6.07, 6.45) is 6.76. The lowest BCUT2D eigenvalue weighted by atomic mass is 10.3. The Labute approximate surface area is 142 Å². The van der Waals surface area contributed by atoms with Crippen LogP contribution in [0, 0.1) is 5.92 Å². The van der Waals surface area contributed by atoms with Gasteiger partial charge in [-0.05, 0) is 37.4 Å². The van der Waals surface area contributed by atoms with E-state index in [1.807, 2.05) is 29.3 Å². The standard InChI is InChI=1S/C18H25N5O/c24-18(12-19-11-15-4-5-15)22-9-7-21(8-10-22)13-16-14-23-6-2-1-3-17(23)20-16/h1-3,6,14-15,19H,4-5,7-13H2. The lowest BCUT2D eigenvalue weighted by molar-refractivity contribution is -0.132. The third kappa shape index (κ3) is 3.76. The van der Waals surface area contributed by atoms with Crippen molar-refractivity contribution in [3.63, 3.8) is 0 Å². The largest absolute Gasteiger partial charge is 0.339 e. The fourth-order valence-corrected chi connectivity index (χ4v) is 3.26. The average Bonchev–Trinajstić information content (AvgIpc) is 3.33. The number of nitrogens with one attached hydrogen (secondary N) is 1.